The van der Waals surface area contributed by atoms with Crippen molar-refractivity contribution in [3.8, 4) is 23.3 Å². The molecule has 3 N–H and O–H groups in total. The number of aliphatic hydroxyl groups is 2. The fourth-order valence-electron chi connectivity index (χ4n) is 5.21. The van der Waals surface area contributed by atoms with Crippen molar-refractivity contribution in [1.29, 1.82) is 0 Å². The summed E-state index contributed by atoms with van der Waals surface area (Å²) in [7, 11) is 1.41. The summed E-state index contributed by atoms with van der Waals surface area (Å²) in [6.07, 6.45) is -0.741. The Morgan fingerprint density at radius 2 is 1.81 bits per heavy atom. The van der Waals surface area contributed by atoms with Crippen LogP contribution in [0.3, 0.4) is 0 Å². The summed E-state index contributed by atoms with van der Waals surface area (Å²) in [4.78, 5) is 52.3. The van der Waals surface area contributed by atoms with E-state index in [0.29, 0.717) is 6.54 Å². The van der Waals surface area contributed by atoms with Crippen LogP contribution < -0.4 is 14.8 Å². The van der Waals surface area contributed by atoms with Crippen molar-refractivity contribution in [1.82, 2.24) is 10.2 Å². The van der Waals surface area contributed by atoms with Gasteiger partial charge in [-0.25, -0.2) is 9.59 Å². The molecule has 4 heterocycles. The van der Waals surface area contributed by atoms with Crippen LogP contribution in [0.15, 0.2) is 18.2 Å². The van der Waals surface area contributed by atoms with Gasteiger partial charge in [-0.3, -0.25) is 14.5 Å². The zero-order chi connectivity index (χ0) is 30.2. The molecule has 4 aliphatic heterocycles. The van der Waals surface area contributed by atoms with Crippen LogP contribution >= 0.6 is 12.6 Å². The van der Waals surface area contributed by atoms with Gasteiger partial charge in [0.15, 0.2) is 17.1 Å². The summed E-state index contributed by atoms with van der Waals surface area (Å²) in [5.74, 6) is -1.24. The van der Waals surface area contributed by atoms with Gasteiger partial charge in [-0.05, 0) is 43.6 Å². The van der Waals surface area contributed by atoms with E-state index in [-0.39, 0.29) is 31.1 Å². The third-order valence-electron chi connectivity index (χ3n) is 7.34. The molecule has 2 bridgehead atoms. The van der Waals surface area contributed by atoms with Gasteiger partial charge in [0.2, 0.25) is 5.60 Å². The molecule has 4 fully saturated rings. The van der Waals surface area contributed by atoms with Crippen molar-refractivity contribution in [3.63, 3.8) is 0 Å². The SMILES string of the molecule is CNC(=O)Oc1ccc(CN2CCCC2)cc1OCC#CC1(O)CCOC2(S)OC(=O)CC3(O)CC(=O)OC12OC3=O. The van der Waals surface area contributed by atoms with E-state index in [1.807, 2.05) is 6.07 Å². The van der Waals surface area contributed by atoms with Gasteiger partial charge in [-0.2, -0.15) is 0 Å². The van der Waals surface area contributed by atoms with Crippen molar-refractivity contribution in [3.05, 3.63) is 23.8 Å². The highest BCUT2D eigenvalue weighted by molar-refractivity contribution is 7.81. The van der Waals surface area contributed by atoms with Crippen molar-refractivity contribution in [2.45, 2.75) is 60.8 Å². The summed E-state index contributed by atoms with van der Waals surface area (Å²) < 4.78 is 32.5. The Morgan fingerprint density at radius 1 is 1.10 bits per heavy atom. The second kappa shape index (κ2) is 11.3. The molecule has 4 aliphatic rings. The fraction of sp³-hybridized carbons (Fsp3) is 0.556. The predicted octanol–water partition coefficient (Wildman–Crippen LogP) is -0.0178. The first kappa shape index (κ1) is 29.9. The lowest BCUT2D eigenvalue weighted by Crippen LogP contribution is -2.74. The summed E-state index contributed by atoms with van der Waals surface area (Å²) in [5.41, 5.74) is -4.21. The number of carbonyl (C=O) groups is 4. The number of nitrogens with zero attached hydrogens (tertiary/aromatic N) is 1. The highest BCUT2D eigenvalue weighted by Gasteiger charge is 2.77. The van der Waals surface area contributed by atoms with Gasteiger partial charge in [-0.15, -0.1) is 0 Å². The van der Waals surface area contributed by atoms with Crippen LogP contribution in [0.4, 0.5) is 4.79 Å². The molecule has 14 nitrogen and oxygen atoms in total. The molecule has 4 unspecified atom stereocenters. The zero-order valence-electron chi connectivity index (χ0n) is 22.7. The molecule has 15 heteroatoms. The average Bonchev–Trinajstić information content (AvgIpc) is 3.40. The topological polar surface area (TPSA) is 179 Å². The van der Waals surface area contributed by atoms with Crippen LogP contribution in [0, 0.1) is 11.8 Å². The number of rotatable bonds is 5. The maximum absolute atomic E-state index is 12.9. The van der Waals surface area contributed by atoms with Gasteiger partial charge in [0.05, 0.1) is 19.4 Å². The van der Waals surface area contributed by atoms with E-state index in [9.17, 15) is 29.4 Å². The summed E-state index contributed by atoms with van der Waals surface area (Å²) in [6.45, 7) is 1.93. The lowest BCUT2D eigenvalue weighted by atomic mass is 9.86. The maximum Gasteiger partial charge on any atom is 0.412 e. The first-order chi connectivity index (χ1) is 19.9. The molecule has 226 valence electrons. The zero-order valence-corrected chi connectivity index (χ0v) is 23.6. The van der Waals surface area contributed by atoms with Crippen LogP contribution in [-0.2, 0) is 39.9 Å². The first-order valence-corrected chi connectivity index (χ1v) is 13.7. The van der Waals surface area contributed by atoms with Gasteiger partial charge in [0, 0.05) is 20.0 Å². The number of nitrogens with one attached hydrogen (secondary N) is 1. The van der Waals surface area contributed by atoms with Crippen molar-refractivity contribution in [2.75, 3.05) is 33.4 Å². The Kier molecular flexibility index (Phi) is 8.03. The molecule has 4 saturated heterocycles. The van der Waals surface area contributed by atoms with Gasteiger partial charge >= 0.3 is 34.9 Å². The molecule has 0 saturated carbocycles. The number of amides is 1. The monoisotopic (exact) mass is 606 g/mol. The summed E-state index contributed by atoms with van der Waals surface area (Å²) >= 11 is 4.21. The number of thiol groups is 1. The van der Waals surface area contributed by atoms with Gasteiger partial charge in [-0.1, -0.05) is 30.5 Å². The second-order valence-corrected chi connectivity index (χ2v) is 11.0. The molecule has 1 spiro atoms. The number of hydrogen-bond donors (Lipinski definition) is 4. The number of carbonyl (C=O) groups excluding carboxylic acids is 4. The van der Waals surface area contributed by atoms with E-state index in [2.05, 4.69) is 34.7 Å². The van der Waals surface area contributed by atoms with Crippen LogP contribution in [0.1, 0.15) is 37.7 Å². The number of likely N-dealkylation sites (tertiary alicyclic amines) is 1. The van der Waals surface area contributed by atoms with Gasteiger partial charge in [0.1, 0.15) is 6.61 Å². The number of ether oxygens (including phenoxy) is 6. The van der Waals surface area contributed by atoms with E-state index < -0.39 is 59.0 Å². The van der Waals surface area contributed by atoms with E-state index in [1.54, 1.807) is 12.1 Å². The Hall–Kier alpha value is -3.55. The number of hydrogen-bond acceptors (Lipinski definition) is 14. The van der Waals surface area contributed by atoms with Crippen molar-refractivity contribution < 1.29 is 57.8 Å². The molecule has 0 aromatic heterocycles. The minimum absolute atomic E-state index is 0.122. The van der Waals surface area contributed by atoms with Crippen LogP contribution in [-0.4, -0.2) is 94.6 Å². The summed E-state index contributed by atoms with van der Waals surface area (Å²) in [6, 6.07) is 5.12. The Morgan fingerprint density at radius 3 is 2.52 bits per heavy atom. The van der Waals surface area contributed by atoms with Crippen molar-refractivity contribution >= 4 is 36.6 Å². The van der Waals surface area contributed by atoms with Crippen LogP contribution in [0.25, 0.3) is 0 Å². The van der Waals surface area contributed by atoms with E-state index >= 15 is 0 Å². The predicted molar refractivity (Wildman–Crippen MR) is 142 cm³/mol. The van der Waals surface area contributed by atoms with E-state index in [4.69, 9.17) is 28.4 Å². The second-order valence-electron chi connectivity index (χ2n) is 10.4. The number of fused-ring (bicyclic) bond motifs is 2. The van der Waals surface area contributed by atoms with E-state index in [0.717, 1.165) is 31.5 Å². The summed E-state index contributed by atoms with van der Waals surface area (Å²) in [5, 5.41) is 22.1. The molecule has 1 aromatic rings. The Balaban J connectivity index is 1.43. The first-order valence-electron chi connectivity index (χ1n) is 13.3. The molecule has 5 rings (SSSR count). The Labute approximate surface area is 245 Å². The maximum atomic E-state index is 12.9. The molecule has 0 radical (unpaired) electrons. The fourth-order valence-corrected chi connectivity index (χ4v) is 5.68. The number of benzene rings is 1. The quantitative estimate of drug-likeness (QED) is 0.200. The number of esters is 3. The minimum atomic E-state index is -2.90. The molecule has 1 aromatic carbocycles. The largest absolute Gasteiger partial charge is 0.477 e. The lowest BCUT2D eigenvalue weighted by molar-refractivity contribution is -0.397. The normalized spacial score (nSPS) is 32.5. The van der Waals surface area contributed by atoms with Crippen LogP contribution in [0.5, 0.6) is 11.5 Å². The van der Waals surface area contributed by atoms with E-state index in [1.165, 1.54) is 7.05 Å². The van der Waals surface area contributed by atoms with Gasteiger partial charge in [0.25, 0.3) is 0 Å². The highest BCUT2D eigenvalue weighted by Crippen LogP contribution is 2.52. The molecule has 4 atom stereocenters. The smallest absolute Gasteiger partial charge is 0.412 e. The minimum Gasteiger partial charge on any atom is -0.477 e. The third kappa shape index (κ3) is 5.48. The Bertz CT molecular complexity index is 1360. The average molecular weight is 607 g/mol. The van der Waals surface area contributed by atoms with Crippen LogP contribution in [0.2, 0.25) is 0 Å². The molecular weight excluding hydrogens is 576 g/mol. The van der Waals surface area contributed by atoms with Crippen molar-refractivity contribution in [2.24, 2.45) is 0 Å². The lowest BCUT2D eigenvalue weighted by Gasteiger charge is -2.52. The highest BCUT2D eigenvalue weighted by atomic mass is 32.1. The molecule has 42 heavy (non-hydrogen) atoms. The molecule has 1 amide bonds. The molecule has 0 aliphatic carbocycles. The third-order valence-corrected chi connectivity index (χ3v) is 7.85. The molecular formula is C27H30N2O12S. The standard InChI is InChI=1S/C27H30N2O12S/c1-28-23(33)38-18-6-5-17(16-29-9-2-3-10-29)13-19(18)36-11-4-7-25(35)8-12-37-27(42)26(25)39-20(30)14-24(34,22(32)41-26)15-21(31)40-27/h5-6,13,34-35,42H,2-3,8-12,14-16H2,1H3,(H,28,33). The van der Waals surface area contributed by atoms with Gasteiger partial charge < -0.3 is 44.0 Å².